The minimum atomic E-state index is -0.000539. The molecule has 25 heavy (non-hydrogen) atoms. The normalized spacial score (nSPS) is 12.8. The van der Waals surface area contributed by atoms with E-state index in [-0.39, 0.29) is 5.91 Å². The van der Waals surface area contributed by atoms with Crippen molar-refractivity contribution in [3.8, 4) is 11.3 Å². The number of imidazole rings is 1. The summed E-state index contributed by atoms with van der Waals surface area (Å²) >= 11 is 1.79. The highest BCUT2D eigenvalue weighted by Crippen LogP contribution is 2.29. The Balaban J connectivity index is 1.43. The summed E-state index contributed by atoms with van der Waals surface area (Å²) in [5.41, 5.74) is 5.06. The number of hydrogen-bond donors (Lipinski definition) is 1. The summed E-state index contributed by atoms with van der Waals surface area (Å²) in [6.45, 7) is 3.05. The van der Waals surface area contributed by atoms with Crippen LogP contribution in [0.5, 0.6) is 0 Å². The number of fused-ring (bicyclic) bond motifs is 1. The maximum Gasteiger partial charge on any atom is 0.228 e. The molecule has 4 rings (SSSR count). The van der Waals surface area contributed by atoms with Crippen LogP contribution in [0.2, 0.25) is 0 Å². The van der Waals surface area contributed by atoms with Crippen molar-refractivity contribution in [1.82, 2.24) is 9.55 Å². The second kappa shape index (κ2) is 6.76. The van der Waals surface area contributed by atoms with Crippen molar-refractivity contribution in [1.29, 1.82) is 0 Å². The van der Waals surface area contributed by atoms with Crippen molar-refractivity contribution in [2.45, 2.75) is 25.0 Å². The van der Waals surface area contributed by atoms with Gasteiger partial charge in [-0.25, -0.2) is 4.98 Å². The third-order valence-electron chi connectivity index (χ3n) is 4.38. The molecule has 0 spiro atoms. The minimum Gasteiger partial charge on any atom is -0.326 e. The van der Waals surface area contributed by atoms with Crippen LogP contribution >= 0.6 is 11.8 Å². The lowest BCUT2D eigenvalue weighted by Crippen LogP contribution is -2.14. The van der Waals surface area contributed by atoms with Crippen LogP contribution in [0.1, 0.15) is 11.1 Å². The van der Waals surface area contributed by atoms with Crippen LogP contribution in [0.3, 0.4) is 0 Å². The Morgan fingerprint density at radius 2 is 2.00 bits per heavy atom. The van der Waals surface area contributed by atoms with E-state index < -0.39 is 0 Å². The molecule has 1 aliphatic rings. The Hall–Kier alpha value is -2.53. The van der Waals surface area contributed by atoms with Crippen LogP contribution in [0.15, 0.2) is 59.9 Å². The SMILES string of the molecule is Cc1ccccc1CC(=O)Nc1ccc(-c2cn3c(n2)SCC3)cc1. The predicted octanol–water partition coefficient (Wildman–Crippen LogP) is 4.15. The smallest absolute Gasteiger partial charge is 0.228 e. The number of hydrogen-bond acceptors (Lipinski definition) is 3. The van der Waals surface area contributed by atoms with Crippen LogP contribution in [0.4, 0.5) is 5.69 Å². The number of anilines is 1. The molecule has 0 bridgehead atoms. The second-order valence-electron chi connectivity index (χ2n) is 6.18. The van der Waals surface area contributed by atoms with Gasteiger partial charge in [0.05, 0.1) is 12.1 Å². The maximum absolute atomic E-state index is 12.3. The van der Waals surface area contributed by atoms with Crippen molar-refractivity contribution < 1.29 is 4.79 Å². The highest BCUT2D eigenvalue weighted by Gasteiger charge is 2.15. The first-order chi connectivity index (χ1) is 12.2. The van der Waals surface area contributed by atoms with Crippen molar-refractivity contribution in [3.05, 3.63) is 65.9 Å². The van der Waals surface area contributed by atoms with Gasteiger partial charge in [-0.1, -0.05) is 48.2 Å². The van der Waals surface area contributed by atoms with E-state index in [1.165, 1.54) is 0 Å². The number of carbonyl (C=O) groups excluding carboxylic acids is 1. The number of nitrogens with zero attached hydrogens (tertiary/aromatic N) is 2. The zero-order valence-electron chi connectivity index (χ0n) is 14.0. The molecule has 4 nitrogen and oxygen atoms in total. The van der Waals surface area contributed by atoms with Crippen LogP contribution in [-0.4, -0.2) is 21.2 Å². The fourth-order valence-corrected chi connectivity index (χ4v) is 3.90. The van der Waals surface area contributed by atoms with Crippen molar-refractivity contribution >= 4 is 23.4 Å². The van der Waals surface area contributed by atoms with E-state index in [2.05, 4.69) is 21.1 Å². The molecule has 2 aromatic carbocycles. The van der Waals surface area contributed by atoms with Gasteiger partial charge in [0.1, 0.15) is 0 Å². The molecule has 1 amide bonds. The Bertz CT molecular complexity index is 893. The Morgan fingerprint density at radius 1 is 1.20 bits per heavy atom. The summed E-state index contributed by atoms with van der Waals surface area (Å²) in [7, 11) is 0. The highest BCUT2D eigenvalue weighted by atomic mass is 32.2. The first kappa shape index (κ1) is 16.0. The van der Waals surface area contributed by atoms with E-state index in [1.807, 2.05) is 55.5 Å². The van der Waals surface area contributed by atoms with Gasteiger partial charge in [-0.3, -0.25) is 4.79 Å². The Kier molecular flexibility index (Phi) is 4.32. The molecule has 1 aromatic heterocycles. The fourth-order valence-electron chi connectivity index (χ4n) is 2.96. The molecule has 1 aliphatic heterocycles. The topological polar surface area (TPSA) is 46.9 Å². The second-order valence-corrected chi connectivity index (χ2v) is 7.24. The molecule has 0 atom stereocenters. The number of aromatic nitrogens is 2. The van der Waals surface area contributed by atoms with E-state index in [0.717, 1.165) is 45.5 Å². The lowest BCUT2D eigenvalue weighted by atomic mass is 10.1. The average Bonchev–Trinajstić information content (AvgIpc) is 3.19. The molecule has 0 saturated heterocycles. The van der Waals surface area contributed by atoms with Gasteiger partial charge in [-0.05, 0) is 30.2 Å². The third-order valence-corrected chi connectivity index (χ3v) is 5.35. The fraction of sp³-hybridized carbons (Fsp3) is 0.200. The summed E-state index contributed by atoms with van der Waals surface area (Å²) in [5.74, 6) is 1.11. The molecule has 2 heterocycles. The van der Waals surface area contributed by atoms with Crippen molar-refractivity contribution in [2.24, 2.45) is 0 Å². The van der Waals surface area contributed by atoms with Crippen molar-refractivity contribution in [2.75, 3.05) is 11.1 Å². The van der Waals surface area contributed by atoms with Gasteiger partial charge in [0, 0.05) is 29.7 Å². The third kappa shape index (κ3) is 3.46. The molecule has 0 radical (unpaired) electrons. The minimum absolute atomic E-state index is 0.000539. The maximum atomic E-state index is 12.3. The number of nitrogens with one attached hydrogen (secondary N) is 1. The number of thioether (sulfide) groups is 1. The van der Waals surface area contributed by atoms with Gasteiger partial charge >= 0.3 is 0 Å². The Morgan fingerprint density at radius 3 is 2.76 bits per heavy atom. The molecular weight excluding hydrogens is 330 g/mol. The molecule has 1 N–H and O–H groups in total. The number of aryl methyl sites for hydroxylation is 2. The number of amides is 1. The van der Waals surface area contributed by atoms with Crippen LogP contribution in [-0.2, 0) is 17.8 Å². The van der Waals surface area contributed by atoms with Crippen LogP contribution in [0.25, 0.3) is 11.3 Å². The lowest BCUT2D eigenvalue weighted by Gasteiger charge is -2.08. The van der Waals surface area contributed by atoms with Gasteiger partial charge in [0.15, 0.2) is 5.16 Å². The summed E-state index contributed by atoms with van der Waals surface area (Å²) in [5, 5.41) is 4.06. The summed E-state index contributed by atoms with van der Waals surface area (Å²) in [6.07, 6.45) is 2.49. The first-order valence-corrected chi connectivity index (χ1v) is 9.32. The van der Waals surface area contributed by atoms with Crippen molar-refractivity contribution in [3.63, 3.8) is 0 Å². The standard InChI is InChI=1S/C20H19N3OS/c1-14-4-2-3-5-16(14)12-19(24)21-17-8-6-15(7-9-17)18-13-23-10-11-25-20(23)22-18/h2-9,13H,10-12H2,1H3,(H,21,24). The van der Waals surface area contributed by atoms with E-state index in [4.69, 9.17) is 0 Å². The number of rotatable bonds is 4. The molecular formula is C20H19N3OS. The molecule has 3 aromatic rings. The molecule has 0 fully saturated rings. The number of benzene rings is 2. The lowest BCUT2D eigenvalue weighted by molar-refractivity contribution is -0.115. The zero-order chi connectivity index (χ0) is 17.2. The zero-order valence-corrected chi connectivity index (χ0v) is 14.8. The number of carbonyl (C=O) groups is 1. The summed E-state index contributed by atoms with van der Waals surface area (Å²) in [4.78, 5) is 16.9. The molecule has 0 aliphatic carbocycles. The summed E-state index contributed by atoms with van der Waals surface area (Å²) < 4.78 is 2.19. The van der Waals surface area contributed by atoms with Gasteiger partial charge in [0.25, 0.3) is 0 Å². The van der Waals surface area contributed by atoms with Crippen LogP contribution in [0, 0.1) is 6.92 Å². The van der Waals surface area contributed by atoms with Gasteiger partial charge in [-0.2, -0.15) is 0 Å². The van der Waals surface area contributed by atoms with Gasteiger partial charge in [0.2, 0.25) is 5.91 Å². The van der Waals surface area contributed by atoms with Gasteiger partial charge < -0.3 is 9.88 Å². The molecule has 0 unspecified atom stereocenters. The molecule has 5 heteroatoms. The van der Waals surface area contributed by atoms with E-state index in [1.54, 1.807) is 11.8 Å². The largest absolute Gasteiger partial charge is 0.326 e. The molecule has 126 valence electrons. The molecule has 0 saturated carbocycles. The quantitative estimate of drug-likeness (QED) is 0.770. The van der Waals surface area contributed by atoms with Crippen LogP contribution < -0.4 is 5.32 Å². The summed E-state index contributed by atoms with van der Waals surface area (Å²) in [6, 6.07) is 15.8. The predicted molar refractivity (Wildman–Crippen MR) is 102 cm³/mol. The van der Waals surface area contributed by atoms with E-state index in [9.17, 15) is 4.79 Å². The Labute approximate surface area is 151 Å². The average molecular weight is 349 g/mol. The van der Waals surface area contributed by atoms with Gasteiger partial charge in [-0.15, -0.1) is 0 Å². The first-order valence-electron chi connectivity index (χ1n) is 8.34. The van der Waals surface area contributed by atoms with E-state index in [0.29, 0.717) is 6.42 Å². The monoisotopic (exact) mass is 349 g/mol. The highest BCUT2D eigenvalue weighted by molar-refractivity contribution is 7.99. The van der Waals surface area contributed by atoms with E-state index >= 15 is 0 Å².